The monoisotopic (exact) mass is 253 g/mol. The van der Waals surface area contributed by atoms with E-state index in [4.69, 9.17) is 10.5 Å². The Labute approximate surface area is 106 Å². The van der Waals surface area contributed by atoms with Crippen molar-refractivity contribution in [3.8, 4) is 0 Å². The van der Waals surface area contributed by atoms with Crippen LogP contribution in [0.5, 0.6) is 0 Å². The largest absolute Gasteiger partial charge is 0.393 e. The highest BCUT2D eigenvalue weighted by molar-refractivity contribution is 5.74. The van der Waals surface area contributed by atoms with E-state index < -0.39 is 4.92 Å². The van der Waals surface area contributed by atoms with Gasteiger partial charge in [0.15, 0.2) is 0 Å². The lowest BCUT2D eigenvalue weighted by Crippen LogP contribution is -2.13. The predicted octanol–water partition coefficient (Wildman–Crippen LogP) is 2.26. The quantitative estimate of drug-likeness (QED) is 0.336. The molecule has 6 nitrogen and oxygen atoms in total. The first-order chi connectivity index (χ1) is 8.52. The van der Waals surface area contributed by atoms with Crippen molar-refractivity contribution in [2.75, 3.05) is 30.8 Å². The fraction of sp³-hybridized carbons (Fsp3) is 0.500. The first-order valence-corrected chi connectivity index (χ1v) is 5.87. The molecular formula is C12H19N3O3. The Bertz CT molecular complexity index is 408. The van der Waals surface area contributed by atoms with Crippen LogP contribution >= 0.6 is 0 Å². The van der Waals surface area contributed by atoms with Crippen molar-refractivity contribution in [2.45, 2.75) is 13.8 Å². The Morgan fingerprint density at radius 2 is 2.22 bits per heavy atom. The molecule has 0 aromatic heterocycles. The molecule has 6 heteroatoms. The van der Waals surface area contributed by atoms with Crippen molar-refractivity contribution in [1.82, 2.24) is 0 Å². The summed E-state index contributed by atoms with van der Waals surface area (Å²) in [6, 6.07) is 4.83. The Morgan fingerprint density at radius 3 is 2.83 bits per heavy atom. The van der Waals surface area contributed by atoms with Crippen LogP contribution in [0, 0.1) is 16.0 Å². The summed E-state index contributed by atoms with van der Waals surface area (Å²) < 4.78 is 5.38. The average Bonchev–Trinajstić information content (AvgIpc) is 2.27. The topological polar surface area (TPSA) is 90.4 Å². The standard InChI is InChI=1S/C12H19N3O3/c1-9(2)8-18-7-6-14-11-5-3-4-10(13)12(11)15(16)17/h3-5,9,14H,6-8,13H2,1-2H3. The summed E-state index contributed by atoms with van der Waals surface area (Å²) >= 11 is 0. The number of anilines is 2. The van der Waals surface area contributed by atoms with Crippen LogP contribution < -0.4 is 11.1 Å². The maximum atomic E-state index is 10.9. The zero-order valence-corrected chi connectivity index (χ0v) is 10.7. The van der Waals surface area contributed by atoms with E-state index in [1.165, 1.54) is 6.07 Å². The van der Waals surface area contributed by atoms with Gasteiger partial charge in [0.05, 0.1) is 11.5 Å². The maximum absolute atomic E-state index is 10.9. The van der Waals surface area contributed by atoms with Gasteiger partial charge >= 0.3 is 5.69 Å². The highest BCUT2D eigenvalue weighted by atomic mass is 16.6. The van der Waals surface area contributed by atoms with E-state index in [9.17, 15) is 10.1 Å². The third-order valence-electron chi connectivity index (χ3n) is 2.26. The van der Waals surface area contributed by atoms with E-state index in [-0.39, 0.29) is 11.4 Å². The summed E-state index contributed by atoms with van der Waals surface area (Å²) in [5.41, 5.74) is 6.08. The van der Waals surface area contributed by atoms with E-state index in [2.05, 4.69) is 19.2 Å². The SMILES string of the molecule is CC(C)COCCNc1cccc(N)c1[N+](=O)[O-]. The normalized spacial score (nSPS) is 10.6. The van der Waals surface area contributed by atoms with Gasteiger partial charge < -0.3 is 15.8 Å². The molecule has 0 unspecified atom stereocenters. The van der Waals surface area contributed by atoms with Gasteiger partial charge in [0.2, 0.25) is 0 Å². The molecule has 0 atom stereocenters. The van der Waals surface area contributed by atoms with Crippen LogP contribution in [0.3, 0.4) is 0 Å². The van der Waals surface area contributed by atoms with Crippen LogP contribution in [0.4, 0.5) is 17.1 Å². The number of rotatable bonds is 7. The zero-order valence-electron chi connectivity index (χ0n) is 10.7. The minimum absolute atomic E-state index is 0.0821. The van der Waals surface area contributed by atoms with Gasteiger partial charge in [-0.15, -0.1) is 0 Å². The van der Waals surface area contributed by atoms with Crippen LogP contribution in [0.15, 0.2) is 18.2 Å². The van der Waals surface area contributed by atoms with Gasteiger partial charge in [-0.1, -0.05) is 19.9 Å². The summed E-state index contributed by atoms with van der Waals surface area (Å²) in [5.74, 6) is 0.478. The molecule has 0 heterocycles. The lowest BCUT2D eigenvalue weighted by atomic mass is 10.2. The van der Waals surface area contributed by atoms with Crippen LogP contribution in [0.25, 0.3) is 0 Å². The predicted molar refractivity (Wildman–Crippen MR) is 71.7 cm³/mol. The first kappa shape index (κ1) is 14.2. The molecule has 3 N–H and O–H groups in total. The molecule has 1 aromatic carbocycles. The number of hydrogen-bond donors (Lipinski definition) is 2. The molecule has 1 rings (SSSR count). The Hall–Kier alpha value is -1.82. The van der Waals surface area contributed by atoms with Crippen LogP contribution in [0.2, 0.25) is 0 Å². The molecule has 0 aliphatic rings. The van der Waals surface area contributed by atoms with Crippen molar-refractivity contribution in [3.05, 3.63) is 28.3 Å². The second-order valence-electron chi connectivity index (χ2n) is 4.40. The Kier molecular flexibility index (Phi) is 5.38. The van der Waals surface area contributed by atoms with Crippen molar-refractivity contribution < 1.29 is 9.66 Å². The zero-order chi connectivity index (χ0) is 13.5. The molecule has 0 fully saturated rings. The first-order valence-electron chi connectivity index (χ1n) is 5.87. The number of nitro groups is 1. The highest BCUT2D eigenvalue weighted by Gasteiger charge is 2.16. The molecule has 0 saturated carbocycles. The molecule has 100 valence electrons. The minimum atomic E-state index is -0.480. The maximum Gasteiger partial charge on any atom is 0.314 e. The molecule has 0 amide bonds. The van der Waals surface area contributed by atoms with Crippen LogP contribution in [0.1, 0.15) is 13.8 Å². The van der Waals surface area contributed by atoms with E-state index >= 15 is 0 Å². The van der Waals surface area contributed by atoms with Crippen molar-refractivity contribution >= 4 is 17.1 Å². The number of nitrogens with two attached hydrogens (primary N) is 1. The lowest BCUT2D eigenvalue weighted by molar-refractivity contribution is -0.383. The van der Waals surface area contributed by atoms with Crippen LogP contribution in [-0.2, 0) is 4.74 Å². The molecule has 0 aliphatic heterocycles. The van der Waals surface area contributed by atoms with Crippen molar-refractivity contribution in [3.63, 3.8) is 0 Å². The number of ether oxygens (including phenoxy) is 1. The summed E-state index contributed by atoms with van der Waals surface area (Å²) in [6.45, 7) is 5.83. The van der Waals surface area contributed by atoms with Crippen molar-refractivity contribution in [2.24, 2.45) is 5.92 Å². The Balaban J connectivity index is 2.52. The molecule has 0 bridgehead atoms. The number of nitro benzene ring substituents is 1. The number of hydrogen-bond acceptors (Lipinski definition) is 5. The number of nitrogens with zero attached hydrogens (tertiary/aromatic N) is 1. The molecule has 0 saturated heterocycles. The van der Waals surface area contributed by atoms with Gasteiger partial charge in [0.25, 0.3) is 0 Å². The summed E-state index contributed by atoms with van der Waals surface area (Å²) in [7, 11) is 0. The smallest absolute Gasteiger partial charge is 0.314 e. The number of para-hydroxylation sites is 1. The molecule has 0 radical (unpaired) electrons. The van der Waals surface area contributed by atoms with Gasteiger partial charge in [0.1, 0.15) is 11.4 Å². The van der Waals surface area contributed by atoms with Gasteiger partial charge in [-0.05, 0) is 18.1 Å². The van der Waals surface area contributed by atoms with Crippen LogP contribution in [-0.4, -0.2) is 24.7 Å². The van der Waals surface area contributed by atoms with Gasteiger partial charge in [0, 0.05) is 13.2 Å². The fourth-order valence-corrected chi connectivity index (χ4v) is 1.48. The van der Waals surface area contributed by atoms with Gasteiger partial charge in [-0.2, -0.15) is 0 Å². The number of benzene rings is 1. The summed E-state index contributed by atoms with van der Waals surface area (Å²) in [4.78, 5) is 10.4. The summed E-state index contributed by atoms with van der Waals surface area (Å²) in [6.07, 6.45) is 0. The molecule has 0 aliphatic carbocycles. The molecule has 18 heavy (non-hydrogen) atoms. The number of nitrogens with one attached hydrogen (secondary N) is 1. The minimum Gasteiger partial charge on any atom is -0.393 e. The highest BCUT2D eigenvalue weighted by Crippen LogP contribution is 2.30. The third-order valence-corrected chi connectivity index (χ3v) is 2.26. The second-order valence-corrected chi connectivity index (χ2v) is 4.40. The summed E-state index contributed by atoms with van der Waals surface area (Å²) in [5, 5.41) is 13.8. The fourth-order valence-electron chi connectivity index (χ4n) is 1.48. The van der Waals surface area contributed by atoms with Crippen molar-refractivity contribution in [1.29, 1.82) is 0 Å². The van der Waals surface area contributed by atoms with Gasteiger partial charge in [-0.25, -0.2) is 0 Å². The number of nitrogen functional groups attached to an aromatic ring is 1. The second kappa shape index (κ2) is 6.80. The molecule has 1 aromatic rings. The van der Waals surface area contributed by atoms with Gasteiger partial charge in [-0.3, -0.25) is 10.1 Å². The Morgan fingerprint density at radius 1 is 1.50 bits per heavy atom. The lowest BCUT2D eigenvalue weighted by Gasteiger charge is -2.10. The van der Waals surface area contributed by atoms with E-state index in [0.717, 1.165) is 0 Å². The van der Waals surface area contributed by atoms with E-state index in [1.807, 2.05) is 0 Å². The molecular weight excluding hydrogens is 234 g/mol. The molecule has 0 spiro atoms. The van der Waals surface area contributed by atoms with E-state index in [1.54, 1.807) is 12.1 Å². The van der Waals surface area contributed by atoms with E-state index in [0.29, 0.717) is 31.4 Å². The average molecular weight is 253 g/mol. The third kappa shape index (κ3) is 4.21.